The van der Waals surface area contributed by atoms with Gasteiger partial charge in [0, 0.05) is 18.9 Å². The number of hydrogen-bond donors (Lipinski definition) is 1. The van der Waals surface area contributed by atoms with Gasteiger partial charge in [-0.15, -0.1) is 0 Å². The van der Waals surface area contributed by atoms with E-state index in [4.69, 9.17) is 9.84 Å². The minimum Gasteiger partial charge on any atom is -0.396 e. The summed E-state index contributed by atoms with van der Waals surface area (Å²) in [6, 6.07) is 0. The van der Waals surface area contributed by atoms with Crippen LogP contribution in [-0.4, -0.2) is 30.7 Å². The smallest absolute Gasteiger partial charge is 0.140 e. The first-order valence-corrected chi connectivity index (χ1v) is 3.97. The van der Waals surface area contributed by atoms with E-state index in [1.165, 1.54) is 0 Å². The molecule has 0 amide bonds. The van der Waals surface area contributed by atoms with E-state index in [1.54, 1.807) is 0 Å². The molecule has 1 fully saturated rings. The maximum absolute atomic E-state index is 11.2. The van der Waals surface area contributed by atoms with Gasteiger partial charge in [0.2, 0.25) is 0 Å². The number of carbonyl (C=O) groups is 1. The van der Waals surface area contributed by atoms with E-state index in [0.717, 1.165) is 0 Å². The third-order valence-corrected chi connectivity index (χ3v) is 2.18. The third kappa shape index (κ3) is 2.01. The number of Topliss-reactive ketones (excluding diaryl/α,β-unsaturated/α-hetero) is 1. The molecule has 0 saturated carbocycles. The maximum atomic E-state index is 11.2. The molecule has 3 heteroatoms. The van der Waals surface area contributed by atoms with E-state index in [0.29, 0.717) is 19.6 Å². The standard InChI is InChI=1S/C8H14O3/c1-6(4-9)7-5-11-3-2-8(7)10/h6-7,9H,2-5H2,1H3. The van der Waals surface area contributed by atoms with E-state index in [1.807, 2.05) is 6.92 Å². The normalized spacial score (nSPS) is 28.5. The van der Waals surface area contributed by atoms with Gasteiger partial charge in [-0.1, -0.05) is 6.92 Å². The van der Waals surface area contributed by atoms with Crippen molar-refractivity contribution in [1.29, 1.82) is 0 Å². The lowest BCUT2D eigenvalue weighted by Crippen LogP contribution is -2.33. The second kappa shape index (κ2) is 3.83. The topological polar surface area (TPSA) is 46.5 Å². The lowest BCUT2D eigenvalue weighted by atomic mass is 9.89. The molecular weight excluding hydrogens is 144 g/mol. The fraction of sp³-hybridized carbons (Fsp3) is 0.875. The monoisotopic (exact) mass is 158 g/mol. The van der Waals surface area contributed by atoms with E-state index in [2.05, 4.69) is 0 Å². The highest BCUT2D eigenvalue weighted by molar-refractivity contribution is 5.82. The van der Waals surface area contributed by atoms with Crippen molar-refractivity contribution in [3.63, 3.8) is 0 Å². The molecule has 2 atom stereocenters. The zero-order chi connectivity index (χ0) is 8.27. The molecule has 0 aromatic rings. The molecule has 0 aromatic heterocycles. The number of ketones is 1. The summed E-state index contributed by atoms with van der Waals surface area (Å²) in [6.45, 7) is 2.98. The van der Waals surface area contributed by atoms with Gasteiger partial charge < -0.3 is 9.84 Å². The minimum atomic E-state index is -0.0752. The number of hydrogen-bond acceptors (Lipinski definition) is 3. The number of rotatable bonds is 2. The van der Waals surface area contributed by atoms with Crippen molar-refractivity contribution in [3.8, 4) is 0 Å². The Balaban J connectivity index is 2.47. The fourth-order valence-electron chi connectivity index (χ4n) is 1.27. The minimum absolute atomic E-state index is 0.0443. The first-order valence-electron chi connectivity index (χ1n) is 3.97. The first-order chi connectivity index (χ1) is 5.25. The molecule has 0 radical (unpaired) electrons. The molecule has 11 heavy (non-hydrogen) atoms. The van der Waals surface area contributed by atoms with Crippen LogP contribution in [0.25, 0.3) is 0 Å². The summed E-state index contributed by atoms with van der Waals surface area (Å²) in [6.07, 6.45) is 0.509. The van der Waals surface area contributed by atoms with E-state index < -0.39 is 0 Å². The zero-order valence-electron chi connectivity index (χ0n) is 6.75. The Labute approximate surface area is 66.4 Å². The lowest BCUT2D eigenvalue weighted by Gasteiger charge is -2.24. The van der Waals surface area contributed by atoms with Gasteiger partial charge in [-0.05, 0) is 5.92 Å². The van der Waals surface area contributed by atoms with Gasteiger partial charge in [-0.2, -0.15) is 0 Å². The van der Waals surface area contributed by atoms with Crippen molar-refractivity contribution in [2.45, 2.75) is 13.3 Å². The summed E-state index contributed by atoms with van der Waals surface area (Å²) in [5, 5.41) is 8.80. The molecule has 1 aliphatic rings. The summed E-state index contributed by atoms with van der Waals surface area (Å²) in [5.74, 6) is 0.203. The Kier molecular flexibility index (Phi) is 3.02. The van der Waals surface area contributed by atoms with Crippen molar-refractivity contribution >= 4 is 5.78 Å². The quantitative estimate of drug-likeness (QED) is 0.625. The second-order valence-electron chi connectivity index (χ2n) is 3.06. The van der Waals surface area contributed by atoms with Crippen LogP contribution in [-0.2, 0) is 9.53 Å². The molecule has 0 aromatic carbocycles. The van der Waals surface area contributed by atoms with Crippen LogP contribution in [0.2, 0.25) is 0 Å². The highest BCUT2D eigenvalue weighted by Gasteiger charge is 2.27. The number of carbonyl (C=O) groups excluding carboxylic acids is 1. The van der Waals surface area contributed by atoms with Gasteiger partial charge in [0.05, 0.1) is 13.2 Å². The van der Waals surface area contributed by atoms with Gasteiger partial charge in [0.25, 0.3) is 0 Å². The Morgan fingerprint density at radius 1 is 1.82 bits per heavy atom. The third-order valence-electron chi connectivity index (χ3n) is 2.18. The zero-order valence-corrected chi connectivity index (χ0v) is 6.75. The summed E-state index contributed by atoms with van der Waals surface area (Å²) in [7, 11) is 0. The average Bonchev–Trinajstić information content (AvgIpc) is 2.04. The molecule has 1 rings (SSSR count). The molecular formula is C8H14O3. The SMILES string of the molecule is CC(CO)C1COCCC1=O. The van der Waals surface area contributed by atoms with Crippen molar-refractivity contribution in [1.82, 2.24) is 0 Å². The van der Waals surface area contributed by atoms with Crippen LogP contribution in [0, 0.1) is 11.8 Å². The summed E-state index contributed by atoms with van der Waals surface area (Å²) < 4.78 is 5.14. The number of aliphatic hydroxyl groups is 1. The van der Waals surface area contributed by atoms with Crippen molar-refractivity contribution in [2.75, 3.05) is 19.8 Å². The predicted molar refractivity (Wildman–Crippen MR) is 40.2 cm³/mol. The molecule has 1 saturated heterocycles. The largest absolute Gasteiger partial charge is 0.396 e. The van der Waals surface area contributed by atoms with Crippen molar-refractivity contribution in [3.05, 3.63) is 0 Å². The Morgan fingerprint density at radius 3 is 3.09 bits per heavy atom. The Morgan fingerprint density at radius 2 is 2.55 bits per heavy atom. The summed E-state index contributed by atoms with van der Waals surface area (Å²) in [5.41, 5.74) is 0. The number of aliphatic hydroxyl groups excluding tert-OH is 1. The highest BCUT2D eigenvalue weighted by atomic mass is 16.5. The number of ether oxygens (including phenoxy) is 1. The van der Waals surface area contributed by atoms with Crippen LogP contribution in [0.5, 0.6) is 0 Å². The van der Waals surface area contributed by atoms with Crippen LogP contribution in [0.3, 0.4) is 0 Å². The Hall–Kier alpha value is -0.410. The Bertz CT molecular complexity index is 144. The van der Waals surface area contributed by atoms with Crippen LogP contribution in [0.15, 0.2) is 0 Å². The van der Waals surface area contributed by atoms with Gasteiger partial charge in [0.1, 0.15) is 5.78 Å². The summed E-state index contributed by atoms with van der Waals surface area (Å²) in [4.78, 5) is 11.2. The molecule has 1 N–H and O–H groups in total. The van der Waals surface area contributed by atoms with Crippen molar-refractivity contribution < 1.29 is 14.6 Å². The average molecular weight is 158 g/mol. The van der Waals surface area contributed by atoms with Gasteiger partial charge in [-0.3, -0.25) is 4.79 Å². The molecule has 1 heterocycles. The molecule has 2 unspecified atom stereocenters. The molecule has 3 nitrogen and oxygen atoms in total. The van der Waals surface area contributed by atoms with Gasteiger partial charge in [-0.25, -0.2) is 0 Å². The predicted octanol–water partition coefficient (Wildman–Crippen LogP) is 0.220. The summed E-state index contributed by atoms with van der Waals surface area (Å²) >= 11 is 0. The highest BCUT2D eigenvalue weighted by Crippen LogP contribution is 2.18. The molecule has 0 spiro atoms. The molecule has 1 aliphatic heterocycles. The van der Waals surface area contributed by atoms with Crippen LogP contribution >= 0.6 is 0 Å². The molecule has 64 valence electrons. The van der Waals surface area contributed by atoms with Crippen molar-refractivity contribution in [2.24, 2.45) is 11.8 Å². The van der Waals surface area contributed by atoms with Gasteiger partial charge >= 0.3 is 0 Å². The maximum Gasteiger partial charge on any atom is 0.140 e. The molecule has 0 bridgehead atoms. The molecule has 0 aliphatic carbocycles. The van der Waals surface area contributed by atoms with E-state index >= 15 is 0 Å². The fourth-order valence-corrected chi connectivity index (χ4v) is 1.27. The van der Waals surface area contributed by atoms with Crippen LogP contribution in [0.4, 0.5) is 0 Å². The van der Waals surface area contributed by atoms with E-state index in [-0.39, 0.29) is 24.2 Å². The van der Waals surface area contributed by atoms with Gasteiger partial charge in [0.15, 0.2) is 0 Å². The lowest BCUT2D eigenvalue weighted by molar-refractivity contribution is -0.133. The second-order valence-corrected chi connectivity index (χ2v) is 3.06. The van der Waals surface area contributed by atoms with Crippen LogP contribution in [0.1, 0.15) is 13.3 Å². The van der Waals surface area contributed by atoms with Crippen LogP contribution < -0.4 is 0 Å². The van der Waals surface area contributed by atoms with E-state index in [9.17, 15) is 4.79 Å². The first kappa shape index (κ1) is 8.68.